The largest absolute Gasteiger partial charge is 0.388 e. The number of aliphatic hydroxyl groups is 1. The fourth-order valence-corrected chi connectivity index (χ4v) is 7.55. The van der Waals surface area contributed by atoms with Gasteiger partial charge in [-0.3, -0.25) is 4.79 Å². The van der Waals surface area contributed by atoms with Gasteiger partial charge in [0.05, 0.1) is 6.10 Å². The van der Waals surface area contributed by atoms with E-state index >= 15 is 0 Å². The van der Waals surface area contributed by atoms with Crippen LogP contribution in [0.4, 0.5) is 0 Å². The van der Waals surface area contributed by atoms with Gasteiger partial charge in [-0.25, -0.2) is 0 Å². The fourth-order valence-electron chi connectivity index (χ4n) is 7.55. The highest BCUT2D eigenvalue weighted by molar-refractivity contribution is 5.89. The maximum atomic E-state index is 12.2. The second kappa shape index (κ2) is 6.34. The minimum atomic E-state index is -0.347. The zero-order valence-corrected chi connectivity index (χ0v) is 18.1. The molecule has 1 aromatic heterocycles. The molecule has 4 nitrogen and oxygen atoms in total. The molecule has 3 aliphatic carbocycles. The Hall–Kier alpha value is -1.81. The Morgan fingerprint density at radius 2 is 1.97 bits per heavy atom. The van der Waals surface area contributed by atoms with Crippen LogP contribution < -0.4 is 0 Å². The van der Waals surface area contributed by atoms with Gasteiger partial charge in [0.25, 0.3) is 0 Å². The van der Waals surface area contributed by atoms with Crippen molar-refractivity contribution < 1.29 is 9.90 Å². The third-order valence-electron chi connectivity index (χ3n) is 9.31. The number of fused-ring (bicyclic) bond motifs is 5. The summed E-state index contributed by atoms with van der Waals surface area (Å²) in [5, 5.41) is 11.4. The average molecular weight is 395 g/mol. The van der Waals surface area contributed by atoms with Crippen LogP contribution in [0.25, 0.3) is 6.08 Å². The van der Waals surface area contributed by atoms with Crippen molar-refractivity contribution in [3.8, 4) is 0 Å². The number of likely N-dealkylation sites (N-methyl/N-ethyl adjacent to an activating group) is 1. The van der Waals surface area contributed by atoms with Gasteiger partial charge in [-0.15, -0.1) is 0 Å². The molecule has 0 unspecified atom stereocenters. The summed E-state index contributed by atoms with van der Waals surface area (Å²) in [6, 6.07) is 4.50. The molecule has 1 amide bonds. The Morgan fingerprint density at radius 3 is 2.69 bits per heavy atom. The standard InChI is InChI=1S/C25H34N2O2/c1-24-12-10-22(28)27(4)21(24)8-7-18-19(24)9-11-25(2)20(18)15-16(23(25)29)14-17-6-5-13-26(17)3/h5-6,10,12-14,18-21,23,29H,7-9,11,15H2,1-4H3/b16-14+/t18-,19+,20+,21-,23+,24-,25+/m1/s1. The predicted molar refractivity (Wildman–Crippen MR) is 115 cm³/mol. The summed E-state index contributed by atoms with van der Waals surface area (Å²) in [6.07, 6.45) is 13.4. The number of hydrogen-bond donors (Lipinski definition) is 1. The van der Waals surface area contributed by atoms with Gasteiger partial charge in [0, 0.05) is 42.9 Å². The van der Waals surface area contributed by atoms with Crippen molar-refractivity contribution in [2.75, 3.05) is 7.05 Å². The molecule has 1 aliphatic heterocycles. The van der Waals surface area contributed by atoms with Crippen LogP contribution in [-0.4, -0.2) is 39.7 Å². The maximum absolute atomic E-state index is 12.2. The quantitative estimate of drug-likeness (QED) is 0.782. The Morgan fingerprint density at radius 1 is 1.17 bits per heavy atom. The van der Waals surface area contributed by atoms with Gasteiger partial charge in [0.2, 0.25) is 5.91 Å². The van der Waals surface area contributed by atoms with Crippen LogP contribution in [0.5, 0.6) is 0 Å². The number of nitrogens with zero attached hydrogens (tertiary/aromatic N) is 2. The molecule has 0 radical (unpaired) electrons. The molecule has 1 N–H and O–H groups in total. The number of aryl methyl sites for hydroxylation is 1. The van der Waals surface area contributed by atoms with E-state index in [1.54, 1.807) is 6.08 Å². The summed E-state index contributed by atoms with van der Waals surface area (Å²) in [6.45, 7) is 4.70. The lowest BCUT2D eigenvalue weighted by Gasteiger charge is -2.59. The van der Waals surface area contributed by atoms with E-state index in [9.17, 15) is 9.90 Å². The molecule has 0 saturated heterocycles. The van der Waals surface area contributed by atoms with Gasteiger partial charge in [-0.2, -0.15) is 0 Å². The van der Waals surface area contributed by atoms with Crippen LogP contribution in [0.3, 0.4) is 0 Å². The number of amides is 1. The van der Waals surface area contributed by atoms with Crippen LogP contribution in [0, 0.1) is 28.6 Å². The number of hydrogen-bond acceptors (Lipinski definition) is 2. The Balaban J connectivity index is 1.49. The van der Waals surface area contributed by atoms with Gasteiger partial charge in [0.1, 0.15) is 0 Å². The molecule has 4 heteroatoms. The molecular weight excluding hydrogens is 360 g/mol. The van der Waals surface area contributed by atoms with Gasteiger partial charge < -0.3 is 14.6 Å². The Kier molecular flexibility index (Phi) is 4.19. The van der Waals surface area contributed by atoms with Crippen LogP contribution in [0.1, 0.15) is 51.6 Å². The first-order valence-electron chi connectivity index (χ1n) is 11.2. The van der Waals surface area contributed by atoms with Crippen LogP contribution >= 0.6 is 0 Å². The second-order valence-corrected chi connectivity index (χ2v) is 10.5. The highest BCUT2D eigenvalue weighted by Crippen LogP contribution is 2.64. The first-order valence-corrected chi connectivity index (χ1v) is 11.2. The highest BCUT2D eigenvalue weighted by Gasteiger charge is 2.61. The lowest BCUT2D eigenvalue weighted by molar-refractivity contribution is -0.140. The number of aliphatic hydroxyl groups excluding tert-OH is 1. The first kappa shape index (κ1) is 19.2. The van der Waals surface area contributed by atoms with Crippen molar-refractivity contribution in [1.82, 2.24) is 9.47 Å². The van der Waals surface area contributed by atoms with E-state index < -0.39 is 0 Å². The minimum Gasteiger partial charge on any atom is -0.388 e. The molecule has 29 heavy (non-hydrogen) atoms. The predicted octanol–water partition coefficient (Wildman–Crippen LogP) is 4.02. The van der Waals surface area contributed by atoms with E-state index in [2.05, 4.69) is 55.9 Å². The van der Waals surface area contributed by atoms with Gasteiger partial charge in [-0.05, 0) is 79.7 Å². The highest BCUT2D eigenvalue weighted by atomic mass is 16.3. The average Bonchev–Trinajstić information content (AvgIpc) is 3.20. The van der Waals surface area contributed by atoms with Crippen LogP contribution in [0.15, 0.2) is 36.1 Å². The summed E-state index contributed by atoms with van der Waals surface area (Å²) < 4.78 is 2.12. The summed E-state index contributed by atoms with van der Waals surface area (Å²) in [5.41, 5.74) is 2.41. The van der Waals surface area contributed by atoms with E-state index in [1.807, 2.05) is 11.9 Å². The van der Waals surface area contributed by atoms with Crippen molar-refractivity contribution >= 4 is 12.0 Å². The molecular formula is C25H34N2O2. The van der Waals surface area contributed by atoms with E-state index in [0.29, 0.717) is 23.8 Å². The van der Waals surface area contributed by atoms with E-state index in [-0.39, 0.29) is 22.8 Å². The van der Waals surface area contributed by atoms with Crippen molar-refractivity contribution in [1.29, 1.82) is 0 Å². The molecule has 3 fully saturated rings. The zero-order valence-electron chi connectivity index (χ0n) is 18.1. The SMILES string of the molecule is CN1C(=O)C=C[C@]2(C)[C@H]3CC[C@]4(C)[C@@H](O)/C(=C/c5cccn5C)C[C@H]4[C@@H]3CC[C@@H]12. The molecule has 7 atom stereocenters. The topological polar surface area (TPSA) is 45.5 Å². The van der Waals surface area contributed by atoms with Gasteiger partial charge in [-0.1, -0.05) is 19.9 Å². The molecule has 156 valence electrons. The van der Waals surface area contributed by atoms with Crippen LogP contribution in [-0.2, 0) is 11.8 Å². The van der Waals surface area contributed by atoms with Crippen molar-refractivity contribution in [2.45, 2.75) is 58.1 Å². The second-order valence-electron chi connectivity index (χ2n) is 10.5. The monoisotopic (exact) mass is 394 g/mol. The Bertz CT molecular complexity index is 898. The summed E-state index contributed by atoms with van der Waals surface area (Å²) in [4.78, 5) is 14.2. The lowest BCUT2D eigenvalue weighted by Crippen LogP contribution is -2.59. The molecule has 1 aromatic rings. The molecule has 0 spiro atoms. The van der Waals surface area contributed by atoms with Gasteiger partial charge in [0.15, 0.2) is 0 Å². The third-order valence-corrected chi connectivity index (χ3v) is 9.31. The maximum Gasteiger partial charge on any atom is 0.246 e. The van der Waals surface area contributed by atoms with E-state index in [4.69, 9.17) is 0 Å². The van der Waals surface area contributed by atoms with E-state index in [0.717, 1.165) is 25.7 Å². The van der Waals surface area contributed by atoms with Gasteiger partial charge >= 0.3 is 0 Å². The molecule has 4 aliphatic rings. The van der Waals surface area contributed by atoms with Crippen molar-refractivity contribution in [2.24, 2.45) is 35.6 Å². The number of carbonyl (C=O) groups excluding carboxylic acids is 1. The summed E-state index contributed by atoms with van der Waals surface area (Å²) >= 11 is 0. The summed E-state index contributed by atoms with van der Waals surface area (Å²) in [7, 11) is 4.04. The lowest BCUT2D eigenvalue weighted by atomic mass is 9.48. The summed E-state index contributed by atoms with van der Waals surface area (Å²) in [5.74, 6) is 1.88. The minimum absolute atomic E-state index is 0.0263. The van der Waals surface area contributed by atoms with Crippen LogP contribution in [0.2, 0.25) is 0 Å². The molecule has 2 heterocycles. The molecule has 5 rings (SSSR count). The smallest absolute Gasteiger partial charge is 0.246 e. The number of aromatic nitrogens is 1. The van der Waals surface area contributed by atoms with Crippen molar-refractivity contribution in [3.63, 3.8) is 0 Å². The number of carbonyl (C=O) groups is 1. The zero-order chi connectivity index (χ0) is 20.6. The molecule has 3 saturated carbocycles. The third kappa shape index (κ3) is 2.57. The first-order chi connectivity index (χ1) is 13.8. The molecule has 0 aromatic carbocycles. The number of rotatable bonds is 1. The normalized spacial score (nSPS) is 45.3. The Labute approximate surface area is 174 Å². The van der Waals surface area contributed by atoms with Crippen molar-refractivity contribution in [3.05, 3.63) is 41.7 Å². The fraction of sp³-hybridized carbons (Fsp3) is 0.640. The molecule has 0 bridgehead atoms. The van der Waals surface area contributed by atoms with E-state index in [1.165, 1.54) is 17.7 Å².